The van der Waals surface area contributed by atoms with E-state index in [1.165, 1.54) is 11.5 Å². The van der Waals surface area contributed by atoms with E-state index < -0.39 is 0 Å². The molecular weight excluding hydrogens is 408 g/mol. The minimum atomic E-state index is -0.262. The van der Waals surface area contributed by atoms with Crippen molar-refractivity contribution in [3.63, 3.8) is 0 Å². The van der Waals surface area contributed by atoms with Crippen molar-refractivity contribution in [2.45, 2.75) is 24.3 Å². The molecule has 5 nitrogen and oxygen atoms in total. The second-order valence-corrected chi connectivity index (χ2v) is 9.37. The maximum Gasteiger partial charge on any atom is 0.245 e. The maximum absolute atomic E-state index is 12.7. The highest BCUT2D eigenvalue weighted by Crippen LogP contribution is 2.45. The van der Waals surface area contributed by atoms with Gasteiger partial charge in [-0.2, -0.15) is 0 Å². The smallest absolute Gasteiger partial charge is 0.245 e. The summed E-state index contributed by atoms with van der Waals surface area (Å²) in [4.78, 5) is 28.2. The average molecular weight is 433 g/mol. The van der Waals surface area contributed by atoms with Gasteiger partial charge in [-0.15, -0.1) is 11.8 Å². The molecule has 2 amide bonds. The molecule has 6 heteroatoms. The number of thioether (sulfide) groups is 1. The first-order valence-electron chi connectivity index (χ1n) is 10.5. The van der Waals surface area contributed by atoms with Crippen LogP contribution in [0.5, 0.6) is 0 Å². The Morgan fingerprint density at radius 3 is 2.68 bits per heavy atom. The molecule has 3 heterocycles. The van der Waals surface area contributed by atoms with Crippen LogP contribution in [0.4, 0.5) is 0 Å². The first-order chi connectivity index (χ1) is 15.1. The van der Waals surface area contributed by atoms with E-state index in [0.717, 1.165) is 35.3 Å². The lowest BCUT2D eigenvalue weighted by Crippen LogP contribution is -2.52. The maximum atomic E-state index is 12.7. The zero-order valence-corrected chi connectivity index (χ0v) is 18.1. The van der Waals surface area contributed by atoms with Crippen molar-refractivity contribution in [2.75, 3.05) is 18.8 Å². The molecule has 0 radical (unpaired) electrons. The van der Waals surface area contributed by atoms with E-state index in [-0.39, 0.29) is 16.7 Å². The van der Waals surface area contributed by atoms with Crippen molar-refractivity contribution in [3.8, 4) is 11.3 Å². The number of piperidine rings is 1. The third-order valence-electron chi connectivity index (χ3n) is 6.32. The molecule has 0 saturated carbocycles. The Kier molecular flexibility index (Phi) is 5.10. The van der Waals surface area contributed by atoms with E-state index in [4.69, 9.17) is 4.42 Å². The number of hydrogen-bond donors (Lipinski definition) is 0. The Balaban J connectivity index is 1.37. The highest BCUT2D eigenvalue weighted by molar-refractivity contribution is 8.01. The van der Waals surface area contributed by atoms with Crippen molar-refractivity contribution < 1.29 is 14.0 Å². The second kappa shape index (κ2) is 7.93. The summed E-state index contributed by atoms with van der Waals surface area (Å²) in [6.45, 7) is 5.31. The van der Waals surface area contributed by atoms with Gasteiger partial charge in [0.2, 0.25) is 11.8 Å². The Morgan fingerprint density at radius 1 is 1.10 bits per heavy atom. The fourth-order valence-corrected chi connectivity index (χ4v) is 5.98. The third-order valence-corrected chi connectivity index (χ3v) is 7.88. The largest absolute Gasteiger partial charge is 0.459 e. The fraction of sp³-hybridized carbons (Fsp3) is 0.280. The van der Waals surface area contributed by atoms with Crippen LogP contribution in [-0.4, -0.2) is 45.3 Å². The van der Waals surface area contributed by atoms with E-state index in [1.54, 1.807) is 11.8 Å². The molecule has 2 fully saturated rings. The monoisotopic (exact) mass is 432 g/mol. The van der Waals surface area contributed by atoms with Gasteiger partial charge in [0.1, 0.15) is 11.5 Å². The summed E-state index contributed by atoms with van der Waals surface area (Å²) in [5, 5.41) is 2.32. The number of rotatable bonds is 4. The molecule has 1 spiro atoms. The normalized spacial score (nSPS) is 18.1. The van der Waals surface area contributed by atoms with Gasteiger partial charge in [-0.25, -0.2) is 0 Å². The van der Waals surface area contributed by atoms with Gasteiger partial charge in [0.25, 0.3) is 0 Å². The quantitative estimate of drug-likeness (QED) is 0.562. The lowest BCUT2D eigenvalue weighted by Gasteiger charge is -2.43. The molecule has 0 unspecified atom stereocenters. The molecule has 2 aromatic carbocycles. The van der Waals surface area contributed by atoms with Gasteiger partial charge in [0, 0.05) is 18.7 Å². The number of carbonyl (C=O) groups excluding carboxylic acids is 2. The SMILES string of the molecule is C=CC(=O)N1CCC2(CC1)SCC(=O)N2Cc1ccc(-c2cccc3ccccc23)o1. The van der Waals surface area contributed by atoms with Crippen molar-refractivity contribution >= 4 is 34.3 Å². The van der Waals surface area contributed by atoms with Crippen molar-refractivity contribution in [1.82, 2.24) is 9.80 Å². The standard InChI is InChI=1S/C25H24N2O3S/c1-2-23(28)26-14-12-25(13-15-26)27(24(29)17-31-25)16-19-10-11-22(30-19)21-9-5-7-18-6-3-4-8-20(18)21/h2-11H,1,12-17H2. The molecule has 2 saturated heterocycles. The first kappa shape index (κ1) is 19.9. The van der Waals surface area contributed by atoms with Crippen molar-refractivity contribution in [3.05, 3.63) is 73.0 Å². The number of benzene rings is 2. The molecule has 158 valence electrons. The number of hydrogen-bond acceptors (Lipinski definition) is 4. The van der Waals surface area contributed by atoms with Crippen LogP contribution in [0.25, 0.3) is 22.1 Å². The van der Waals surface area contributed by atoms with E-state index in [2.05, 4.69) is 30.8 Å². The predicted molar refractivity (Wildman–Crippen MR) is 123 cm³/mol. The van der Waals surface area contributed by atoms with Crippen LogP contribution in [-0.2, 0) is 16.1 Å². The highest BCUT2D eigenvalue weighted by Gasteiger charge is 2.48. The molecule has 31 heavy (non-hydrogen) atoms. The molecule has 0 N–H and O–H groups in total. The van der Waals surface area contributed by atoms with Gasteiger partial charge in [0.15, 0.2) is 0 Å². The summed E-state index contributed by atoms with van der Waals surface area (Å²) in [6, 6.07) is 18.4. The van der Waals surface area contributed by atoms with E-state index in [9.17, 15) is 9.59 Å². The van der Waals surface area contributed by atoms with E-state index in [0.29, 0.717) is 25.4 Å². The number of carbonyl (C=O) groups is 2. The average Bonchev–Trinajstić information content (AvgIpc) is 3.40. The molecule has 5 rings (SSSR count). The predicted octanol–water partition coefficient (Wildman–Crippen LogP) is 4.68. The number of likely N-dealkylation sites (tertiary alicyclic amines) is 1. The summed E-state index contributed by atoms with van der Waals surface area (Å²) >= 11 is 1.70. The lowest BCUT2D eigenvalue weighted by atomic mass is 10.0. The summed E-state index contributed by atoms with van der Waals surface area (Å²) < 4.78 is 6.22. The molecule has 3 aromatic rings. The van der Waals surface area contributed by atoms with Gasteiger partial charge in [-0.1, -0.05) is 49.0 Å². The van der Waals surface area contributed by atoms with Crippen LogP contribution in [0.2, 0.25) is 0 Å². The van der Waals surface area contributed by atoms with Crippen LogP contribution in [0.3, 0.4) is 0 Å². The van der Waals surface area contributed by atoms with Crippen molar-refractivity contribution in [2.24, 2.45) is 0 Å². The minimum absolute atomic E-state index is 0.0403. The number of fused-ring (bicyclic) bond motifs is 1. The third kappa shape index (κ3) is 3.55. The van der Waals surface area contributed by atoms with Gasteiger partial charge in [-0.3, -0.25) is 9.59 Å². The molecule has 1 aromatic heterocycles. The van der Waals surface area contributed by atoms with Gasteiger partial charge in [-0.05, 0) is 41.8 Å². The van der Waals surface area contributed by atoms with Crippen LogP contribution in [0.1, 0.15) is 18.6 Å². The molecule has 2 aliphatic heterocycles. The highest BCUT2D eigenvalue weighted by atomic mass is 32.2. The molecule has 0 aliphatic carbocycles. The van der Waals surface area contributed by atoms with Crippen molar-refractivity contribution in [1.29, 1.82) is 0 Å². The second-order valence-electron chi connectivity index (χ2n) is 8.04. The van der Waals surface area contributed by atoms with E-state index >= 15 is 0 Å². The fourth-order valence-electron chi connectivity index (χ4n) is 4.64. The molecule has 0 atom stereocenters. The number of furan rings is 1. The van der Waals surface area contributed by atoms with Gasteiger partial charge in [0.05, 0.1) is 17.2 Å². The summed E-state index contributed by atoms with van der Waals surface area (Å²) in [6.07, 6.45) is 2.89. The zero-order valence-electron chi connectivity index (χ0n) is 17.3. The minimum Gasteiger partial charge on any atom is -0.459 e. The molecule has 2 aliphatic rings. The first-order valence-corrected chi connectivity index (χ1v) is 11.5. The van der Waals surface area contributed by atoms with E-state index in [1.807, 2.05) is 40.1 Å². The van der Waals surface area contributed by atoms with Crippen LogP contribution in [0.15, 0.2) is 71.7 Å². The zero-order chi connectivity index (χ0) is 21.4. The Hall–Kier alpha value is -2.99. The Morgan fingerprint density at radius 2 is 1.87 bits per heavy atom. The van der Waals surface area contributed by atoms with Crippen LogP contribution < -0.4 is 0 Å². The number of amides is 2. The molecular formula is C25H24N2O3S. The van der Waals surface area contributed by atoms with Crippen LogP contribution >= 0.6 is 11.8 Å². The van der Waals surface area contributed by atoms with Gasteiger partial charge >= 0.3 is 0 Å². The summed E-state index contributed by atoms with van der Waals surface area (Å²) in [5.41, 5.74) is 1.05. The van der Waals surface area contributed by atoms with Gasteiger partial charge < -0.3 is 14.2 Å². The lowest BCUT2D eigenvalue weighted by molar-refractivity contribution is -0.133. The van der Waals surface area contributed by atoms with Crippen LogP contribution in [0, 0.1) is 0 Å². The number of nitrogens with zero attached hydrogens (tertiary/aromatic N) is 2. The molecule has 0 bridgehead atoms. The Bertz CT molecular complexity index is 1160. The summed E-state index contributed by atoms with van der Waals surface area (Å²) in [7, 11) is 0. The summed E-state index contributed by atoms with van der Waals surface area (Å²) in [5.74, 6) is 2.17. The topological polar surface area (TPSA) is 53.8 Å². The Labute approximate surface area is 185 Å².